The standard InChI is InChI=1S/C16H25N3O4S/c1-5-17-16(21)13(4)19-15(20)8-9-18-24(22,23)14-7-6-11(2)12(3)10-14/h6-7,10,13,18H,5,8-9H2,1-4H3,(H,17,21)(H,19,20)/t13-/m1/s1. The highest BCUT2D eigenvalue weighted by molar-refractivity contribution is 7.89. The van der Waals surface area contributed by atoms with Gasteiger partial charge in [0.15, 0.2) is 0 Å². The molecule has 0 saturated carbocycles. The van der Waals surface area contributed by atoms with Gasteiger partial charge in [-0.1, -0.05) is 6.07 Å². The topological polar surface area (TPSA) is 104 Å². The number of nitrogens with one attached hydrogen (secondary N) is 3. The molecule has 24 heavy (non-hydrogen) atoms. The molecule has 2 amide bonds. The largest absolute Gasteiger partial charge is 0.355 e. The van der Waals surface area contributed by atoms with Crippen LogP contribution in [-0.2, 0) is 19.6 Å². The van der Waals surface area contributed by atoms with Gasteiger partial charge in [0, 0.05) is 19.5 Å². The fourth-order valence-corrected chi connectivity index (χ4v) is 3.09. The first-order chi connectivity index (χ1) is 11.2. The average Bonchev–Trinajstić information content (AvgIpc) is 2.49. The van der Waals surface area contributed by atoms with Crippen molar-refractivity contribution in [1.82, 2.24) is 15.4 Å². The summed E-state index contributed by atoms with van der Waals surface area (Å²) in [5, 5.41) is 5.12. The molecule has 0 aliphatic carbocycles. The second-order valence-corrected chi connectivity index (χ2v) is 7.34. The molecular weight excluding hydrogens is 330 g/mol. The predicted molar refractivity (Wildman–Crippen MR) is 92.0 cm³/mol. The summed E-state index contributed by atoms with van der Waals surface area (Å²) in [6, 6.07) is 4.20. The number of amides is 2. The van der Waals surface area contributed by atoms with Crippen molar-refractivity contribution in [2.75, 3.05) is 13.1 Å². The minimum atomic E-state index is -3.66. The van der Waals surface area contributed by atoms with Gasteiger partial charge in [0.1, 0.15) is 6.04 Å². The van der Waals surface area contributed by atoms with E-state index < -0.39 is 22.0 Å². The first-order valence-electron chi connectivity index (χ1n) is 7.81. The Balaban J connectivity index is 2.52. The van der Waals surface area contributed by atoms with Crippen molar-refractivity contribution in [2.24, 2.45) is 0 Å². The van der Waals surface area contributed by atoms with Crippen molar-refractivity contribution < 1.29 is 18.0 Å². The molecule has 0 unspecified atom stereocenters. The van der Waals surface area contributed by atoms with Crippen LogP contribution in [0.4, 0.5) is 0 Å². The van der Waals surface area contributed by atoms with E-state index in [1.807, 2.05) is 13.8 Å². The van der Waals surface area contributed by atoms with Gasteiger partial charge in [0.25, 0.3) is 0 Å². The Bertz CT molecular complexity index is 701. The molecule has 1 rings (SSSR count). The van der Waals surface area contributed by atoms with E-state index in [1.165, 1.54) is 6.07 Å². The van der Waals surface area contributed by atoms with Crippen LogP contribution in [0.1, 0.15) is 31.4 Å². The Kier molecular flexibility index (Phi) is 7.37. The van der Waals surface area contributed by atoms with Crippen molar-refractivity contribution in [3.05, 3.63) is 29.3 Å². The minimum Gasteiger partial charge on any atom is -0.355 e. The van der Waals surface area contributed by atoms with E-state index in [1.54, 1.807) is 26.0 Å². The van der Waals surface area contributed by atoms with Crippen molar-refractivity contribution in [2.45, 2.75) is 45.1 Å². The molecule has 8 heteroatoms. The van der Waals surface area contributed by atoms with E-state index in [9.17, 15) is 18.0 Å². The highest BCUT2D eigenvalue weighted by Gasteiger charge is 2.17. The van der Waals surface area contributed by atoms with Gasteiger partial charge in [0.2, 0.25) is 21.8 Å². The van der Waals surface area contributed by atoms with Gasteiger partial charge >= 0.3 is 0 Å². The summed E-state index contributed by atoms with van der Waals surface area (Å²) >= 11 is 0. The van der Waals surface area contributed by atoms with Crippen molar-refractivity contribution in [3.8, 4) is 0 Å². The number of hydrogen-bond donors (Lipinski definition) is 3. The van der Waals surface area contributed by atoms with Crippen molar-refractivity contribution >= 4 is 21.8 Å². The summed E-state index contributed by atoms with van der Waals surface area (Å²) in [6.45, 7) is 7.54. The number of sulfonamides is 1. The monoisotopic (exact) mass is 355 g/mol. The number of carbonyl (C=O) groups is 2. The molecule has 0 radical (unpaired) electrons. The fraction of sp³-hybridized carbons (Fsp3) is 0.500. The Hall–Kier alpha value is -1.93. The van der Waals surface area contributed by atoms with Gasteiger partial charge in [-0.2, -0.15) is 0 Å². The van der Waals surface area contributed by atoms with Gasteiger partial charge in [-0.15, -0.1) is 0 Å². The van der Waals surface area contributed by atoms with Crippen LogP contribution in [0, 0.1) is 13.8 Å². The lowest BCUT2D eigenvalue weighted by Crippen LogP contribution is -2.45. The van der Waals surface area contributed by atoms with Crippen LogP contribution >= 0.6 is 0 Å². The van der Waals surface area contributed by atoms with E-state index in [-0.39, 0.29) is 23.8 Å². The summed E-state index contributed by atoms with van der Waals surface area (Å²) in [5.74, 6) is -0.668. The number of carbonyl (C=O) groups excluding carboxylic acids is 2. The molecule has 0 spiro atoms. The molecule has 0 aromatic heterocycles. The van der Waals surface area contributed by atoms with Crippen LogP contribution < -0.4 is 15.4 Å². The van der Waals surface area contributed by atoms with Crippen molar-refractivity contribution in [3.63, 3.8) is 0 Å². The first kappa shape index (κ1) is 20.1. The first-order valence-corrected chi connectivity index (χ1v) is 9.29. The predicted octanol–water partition coefficient (Wildman–Crippen LogP) is 0.613. The van der Waals surface area contributed by atoms with Crippen LogP contribution in [0.2, 0.25) is 0 Å². The second kappa shape index (κ2) is 8.79. The Morgan fingerprint density at radius 2 is 1.83 bits per heavy atom. The molecule has 0 fully saturated rings. The van der Waals surface area contributed by atoms with Gasteiger partial charge in [-0.3, -0.25) is 9.59 Å². The fourth-order valence-electron chi connectivity index (χ4n) is 1.97. The normalized spacial score (nSPS) is 12.5. The molecule has 134 valence electrons. The Morgan fingerprint density at radius 3 is 2.42 bits per heavy atom. The number of likely N-dealkylation sites (N-methyl/N-ethyl adjacent to an activating group) is 1. The molecule has 1 aromatic rings. The van der Waals surface area contributed by atoms with Gasteiger partial charge < -0.3 is 10.6 Å². The number of hydrogen-bond acceptors (Lipinski definition) is 4. The summed E-state index contributed by atoms with van der Waals surface area (Å²) in [5.41, 5.74) is 1.89. The molecule has 0 heterocycles. The number of benzene rings is 1. The van der Waals surface area contributed by atoms with Crippen LogP contribution in [-0.4, -0.2) is 39.4 Å². The summed E-state index contributed by atoms with van der Waals surface area (Å²) < 4.78 is 26.8. The summed E-state index contributed by atoms with van der Waals surface area (Å²) in [6.07, 6.45) is -0.0478. The average molecular weight is 355 g/mol. The molecule has 7 nitrogen and oxygen atoms in total. The molecule has 1 atom stereocenters. The zero-order valence-corrected chi connectivity index (χ0v) is 15.3. The molecule has 0 aliphatic heterocycles. The maximum absolute atomic E-state index is 12.2. The summed E-state index contributed by atoms with van der Waals surface area (Å²) in [4.78, 5) is 23.4. The van der Waals surface area contributed by atoms with Gasteiger partial charge in [-0.25, -0.2) is 13.1 Å². The van der Waals surface area contributed by atoms with Crippen LogP contribution in [0.3, 0.4) is 0 Å². The zero-order chi connectivity index (χ0) is 18.3. The van der Waals surface area contributed by atoms with E-state index >= 15 is 0 Å². The molecule has 1 aromatic carbocycles. The van der Waals surface area contributed by atoms with Crippen LogP contribution in [0.5, 0.6) is 0 Å². The summed E-state index contributed by atoms with van der Waals surface area (Å²) in [7, 11) is -3.66. The van der Waals surface area contributed by atoms with Crippen molar-refractivity contribution in [1.29, 1.82) is 0 Å². The van der Waals surface area contributed by atoms with Crippen LogP contribution in [0.15, 0.2) is 23.1 Å². The SMILES string of the molecule is CCNC(=O)[C@@H](C)NC(=O)CCNS(=O)(=O)c1ccc(C)c(C)c1. The third-order valence-electron chi connectivity index (χ3n) is 3.55. The van der Waals surface area contributed by atoms with E-state index in [0.29, 0.717) is 6.54 Å². The molecule has 0 saturated heterocycles. The number of rotatable bonds is 8. The van der Waals surface area contributed by atoms with Crippen LogP contribution in [0.25, 0.3) is 0 Å². The quantitative estimate of drug-likeness (QED) is 0.635. The Labute approximate surface area is 143 Å². The minimum absolute atomic E-state index is 0.0385. The van der Waals surface area contributed by atoms with Gasteiger partial charge in [0.05, 0.1) is 4.90 Å². The Morgan fingerprint density at radius 1 is 1.17 bits per heavy atom. The lowest BCUT2D eigenvalue weighted by atomic mass is 10.1. The van der Waals surface area contributed by atoms with E-state index in [2.05, 4.69) is 15.4 Å². The van der Waals surface area contributed by atoms with E-state index in [0.717, 1.165) is 11.1 Å². The molecular formula is C16H25N3O4S. The van der Waals surface area contributed by atoms with E-state index in [4.69, 9.17) is 0 Å². The maximum atomic E-state index is 12.2. The molecule has 0 aliphatic rings. The number of aryl methyl sites for hydroxylation is 2. The highest BCUT2D eigenvalue weighted by Crippen LogP contribution is 2.14. The molecule has 3 N–H and O–H groups in total. The lowest BCUT2D eigenvalue weighted by molar-refractivity contribution is -0.128. The van der Waals surface area contributed by atoms with Gasteiger partial charge in [-0.05, 0) is 51.0 Å². The zero-order valence-electron chi connectivity index (χ0n) is 14.5. The third kappa shape index (κ3) is 5.93. The highest BCUT2D eigenvalue weighted by atomic mass is 32.2. The molecule has 0 bridgehead atoms. The lowest BCUT2D eigenvalue weighted by Gasteiger charge is -2.13. The maximum Gasteiger partial charge on any atom is 0.242 e. The smallest absolute Gasteiger partial charge is 0.242 e. The third-order valence-corrected chi connectivity index (χ3v) is 5.01. The second-order valence-electron chi connectivity index (χ2n) is 5.58.